The van der Waals surface area contributed by atoms with Crippen LogP contribution in [-0.4, -0.2) is 17.7 Å². The van der Waals surface area contributed by atoms with E-state index in [1.807, 2.05) is 18.2 Å². The van der Waals surface area contributed by atoms with Crippen molar-refractivity contribution < 1.29 is 5.11 Å². The van der Waals surface area contributed by atoms with Crippen molar-refractivity contribution >= 4 is 5.69 Å². The first kappa shape index (κ1) is 11.3. The summed E-state index contributed by atoms with van der Waals surface area (Å²) in [5, 5.41) is 13.1. The molecule has 2 rings (SSSR count). The molecule has 1 unspecified atom stereocenters. The first-order valence-electron chi connectivity index (χ1n) is 6.06. The molecule has 0 spiro atoms. The summed E-state index contributed by atoms with van der Waals surface area (Å²) in [6, 6.07) is 7.63. The Morgan fingerprint density at radius 1 is 1.31 bits per heavy atom. The van der Waals surface area contributed by atoms with E-state index in [0.717, 1.165) is 5.69 Å². The largest absolute Gasteiger partial charge is 0.506 e. The lowest BCUT2D eigenvalue weighted by Crippen LogP contribution is -2.35. The summed E-state index contributed by atoms with van der Waals surface area (Å²) in [5.74, 6) is 0.962. The van der Waals surface area contributed by atoms with Crippen molar-refractivity contribution in [3.8, 4) is 5.75 Å². The summed E-state index contributed by atoms with van der Waals surface area (Å²) < 4.78 is 0. The summed E-state index contributed by atoms with van der Waals surface area (Å²) >= 11 is 0. The minimum atomic E-state index is 0.288. The Morgan fingerprint density at radius 3 is 2.62 bits per heavy atom. The van der Waals surface area contributed by atoms with Gasteiger partial charge < -0.3 is 16.2 Å². The molecule has 1 fully saturated rings. The van der Waals surface area contributed by atoms with Gasteiger partial charge in [-0.2, -0.15) is 0 Å². The lowest BCUT2D eigenvalue weighted by molar-refractivity contribution is 0.452. The Hall–Kier alpha value is -1.22. The van der Waals surface area contributed by atoms with E-state index in [4.69, 9.17) is 5.73 Å². The molecule has 88 valence electrons. The van der Waals surface area contributed by atoms with Crippen LogP contribution in [0.3, 0.4) is 0 Å². The number of nitrogens with two attached hydrogens (primary N) is 1. The third-order valence-electron chi connectivity index (χ3n) is 3.47. The monoisotopic (exact) mass is 220 g/mol. The molecule has 16 heavy (non-hydrogen) atoms. The molecule has 1 aliphatic rings. The number of hydrogen-bond donors (Lipinski definition) is 3. The maximum absolute atomic E-state index is 9.69. The number of para-hydroxylation sites is 2. The molecule has 3 nitrogen and oxygen atoms in total. The molecule has 0 heterocycles. The lowest BCUT2D eigenvalue weighted by atomic mass is 9.98. The zero-order valence-electron chi connectivity index (χ0n) is 9.52. The first-order chi connectivity index (χ1) is 7.81. The average Bonchev–Trinajstić information content (AvgIpc) is 2.81. The standard InChI is InChI=1S/C13H20N2O/c14-9-12(10-5-1-2-6-10)15-11-7-3-4-8-13(11)16/h3-4,7-8,10,12,15-16H,1-2,5-6,9,14H2. The molecule has 1 atom stereocenters. The molecular formula is C13H20N2O. The van der Waals surface area contributed by atoms with Crippen molar-refractivity contribution in [3.05, 3.63) is 24.3 Å². The van der Waals surface area contributed by atoms with E-state index in [1.54, 1.807) is 6.07 Å². The topological polar surface area (TPSA) is 58.3 Å². The molecule has 0 bridgehead atoms. The minimum absolute atomic E-state index is 0.288. The molecule has 0 aliphatic heterocycles. The van der Waals surface area contributed by atoms with Crippen LogP contribution in [0.5, 0.6) is 5.75 Å². The average molecular weight is 220 g/mol. The first-order valence-corrected chi connectivity index (χ1v) is 6.06. The number of hydrogen-bond acceptors (Lipinski definition) is 3. The van der Waals surface area contributed by atoms with E-state index in [9.17, 15) is 5.11 Å². The fourth-order valence-corrected chi connectivity index (χ4v) is 2.52. The molecule has 1 saturated carbocycles. The van der Waals surface area contributed by atoms with Crippen molar-refractivity contribution in [1.29, 1.82) is 0 Å². The molecule has 3 heteroatoms. The summed E-state index contributed by atoms with van der Waals surface area (Å²) in [4.78, 5) is 0. The zero-order valence-corrected chi connectivity index (χ0v) is 9.52. The van der Waals surface area contributed by atoms with Gasteiger partial charge in [0.1, 0.15) is 5.75 Å². The van der Waals surface area contributed by atoms with Crippen LogP contribution in [0, 0.1) is 5.92 Å². The van der Waals surface area contributed by atoms with Crippen LogP contribution in [-0.2, 0) is 0 Å². The number of benzene rings is 1. The molecule has 4 N–H and O–H groups in total. The van der Waals surface area contributed by atoms with Gasteiger partial charge in [0.2, 0.25) is 0 Å². The predicted molar refractivity (Wildman–Crippen MR) is 66.5 cm³/mol. The van der Waals surface area contributed by atoms with Gasteiger partial charge in [0.25, 0.3) is 0 Å². The fraction of sp³-hybridized carbons (Fsp3) is 0.538. The van der Waals surface area contributed by atoms with E-state index in [1.165, 1.54) is 25.7 Å². The van der Waals surface area contributed by atoms with E-state index in [-0.39, 0.29) is 6.04 Å². The summed E-state index contributed by atoms with van der Waals surface area (Å²) in [6.45, 7) is 0.624. The second-order valence-electron chi connectivity index (χ2n) is 4.55. The predicted octanol–water partition coefficient (Wildman–Crippen LogP) is 2.32. The lowest BCUT2D eigenvalue weighted by Gasteiger charge is -2.24. The number of aromatic hydroxyl groups is 1. The number of phenols is 1. The van der Waals surface area contributed by atoms with Crippen LogP contribution >= 0.6 is 0 Å². The highest BCUT2D eigenvalue weighted by Crippen LogP contribution is 2.31. The van der Waals surface area contributed by atoms with Crippen molar-refractivity contribution in [3.63, 3.8) is 0 Å². The van der Waals surface area contributed by atoms with Crippen LogP contribution in [0.2, 0.25) is 0 Å². The third kappa shape index (κ3) is 2.47. The quantitative estimate of drug-likeness (QED) is 0.682. The van der Waals surface area contributed by atoms with Crippen LogP contribution in [0.1, 0.15) is 25.7 Å². The van der Waals surface area contributed by atoms with Gasteiger partial charge in [-0.25, -0.2) is 0 Å². The maximum Gasteiger partial charge on any atom is 0.138 e. The van der Waals surface area contributed by atoms with Crippen molar-refractivity contribution in [2.24, 2.45) is 11.7 Å². The summed E-state index contributed by atoms with van der Waals surface area (Å²) in [5.41, 5.74) is 6.60. The Bertz CT molecular complexity index is 334. The second-order valence-corrected chi connectivity index (χ2v) is 4.55. The highest BCUT2D eigenvalue weighted by Gasteiger charge is 2.24. The van der Waals surface area contributed by atoms with Gasteiger partial charge >= 0.3 is 0 Å². The van der Waals surface area contributed by atoms with Gasteiger partial charge in [-0.05, 0) is 30.9 Å². The molecule has 0 radical (unpaired) electrons. The van der Waals surface area contributed by atoms with Crippen molar-refractivity contribution in [2.45, 2.75) is 31.7 Å². The third-order valence-corrected chi connectivity index (χ3v) is 3.47. The van der Waals surface area contributed by atoms with E-state index in [0.29, 0.717) is 18.2 Å². The van der Waals surface area contributed by atoms with Crippen molar-refractivity contribution in [1.82, 2.24) is 0 Å². The molecular weight excluding hydrogens is 200 g/mol. The maximum atomic E-state index is 9.69. The van der Waals surface area contributed by atoms with Gasteiger partial charge in [0, 0.05) is 12.6 Å². The molecule has 1 aromatic rings. The molecule has 1 aliphatic carbocycles. The van der Waals surface area contributed by atoms with E-state index >= 15 is 0 Å². The number of rotatable bonds is 4. The van der Waals surface area contributed by atoms with Crippen LogP contribution in [0.4, 0.5) is 5.69 Å². The summed E-state index contributed by atoms with van der Waals surface area (Å²) in [7, 11) is 0. The smallest absolute Gasteiger partial charge is 0.138 e. The van der Waals surface area contributed by atoms with Gasteiger partial charge in [0.05, 0.1) is 5.69 Å². The highest BCUT2D eigenvalue weighted by atomic mass is 16.3. The van der Waals surface area contributed by atoms with Crippen LogP contribution in [0.15, 0.2) is 24.3 Å². The summed E-state index contributed by atoms with van der Waals surface area (Å²) in [6.07, 6.45) is 5.12. The normalized spacial score (nSPS) is 18.6. The highest BCUT2D eigenvalue weighted by molar-refractivity contribution is 5.55. The Morgan fingerprint density at radius 2 is 2.00 bits per heavy atom. The zero-order chi connectivity index (χ0) is 11.4. The van der Waals surface area contributed by atoms with Crippen molar-refractivity contribution in [2.75, 3.05) is 11.9 Å². The van der Waals surface area contributed by atoms with Crippen LogP contribution < -0.4 is 11.1 Å². The van der Waals surface area contributed by atoms with Gasteiger partial charge in [-0.1, -0.05) is 25.0 Å². The van der Waals surface area contributed by atoms with E-state index in [2.05, 4.69) is 5.32 Å². The van der Waals surface area contributed by atoms with Gasteiger partial charge in [0.15, 0.2) is 0 Å². The molecule has 0 amide bonds. The Labute approximate surface area is 96.7 Å². The van der Waals surface area contributed by atoms with Gasteiger partial charge in [-0.3, -0.25) is 0 Å². The minimum Gasteiger partial charge on any atom is -0.506 e. The Kier molecular flexibility index (Phi) is 3.67. The molecule has 0 aromatic heterocycles. The SMILES string of the molecule is NCC(Nc1ccccc1O)C1CCCC1. The Balaban J connectivity index is 2.03. The molecule has 1 aromatic carbocycles. The van der Waals surface area contributed by atoms with Gasteiger partial charge in [-0.15, -0.1) is 0 Å². The fourth-order valence-electron chi connectivity index (χ4n) is 2.52. The molecule has 0 saturated heterocycles. The van der Waals surface area contributed by atoms with Crippen LogP contribution in [0.25, 0.3) is 0 Å². The second kappa shape index (κ2) is 5.21. The number of phenolic OH excluding ortho intramolecular Hbond substituents is 1. The number of nitrogens with one attached hydrogen (secondary N) is 1. The number of anilines is 1. The van der Waals surface area contributed by atoms with E-state index < -0.39 is 0 Å².